The molecular formula is C25H22FNO5. The first-order valence-corrected chi connectivity index (χ1v) is 10.1. The van der Waals surface area contributed by atoms with Crippen LogP contribution in [0.4, 0.5) is 10.1 Å². The first-order chi connectivity index (χ1) is 15.3. The number of carbonyl (C=O) groups excluding carboxylic acids is 2. The summed E-state index contributed by atoms with van der Waals surface area (Å²) in [5.74, 6) is -1.64. The molecule has 0 aliphatic carbocycles. The van der Waals surface area contributed by atoms with Gasteiger partial charge in [0.2, 0.25) is 0 Å². The van der Waals surface area contributed by atoms with Gasteiger partial charge in [0.1, 0.15) is 29.1 Å². The molecule has 0 radical (unpaired) electrons. The fourth-order valence-electron chi connectivity index (χ4n) is 3.93. The van der Waals surface area contributed by atoms with Gasteiger partial charge in [-0.3, -0.25) is 14.5 Å². The van der Waals surface area contributed by atoms with Crippen molar-refractivity contribution in [2.75, 3.05) is 12.0 Å². The lowest BCUT2D eigenvalue weighted by molar-refractivity contribution is -0.132. The summed E-state index contributed by atoms with van der Waals surface area (Å²) < 4.78 is 24.8. The molecule has 1 aromatic heterocycles. The second-order valence-electron chi connectivity index (χ2n) is 7.78. The lowest BCUT2D eigenvalue weighted by Gasteiger charge is -2.23. The predicted molar refractivity (Wildman–Crippen MR) is 117 cm³/mol. The van der Waals surface area contributed by atoms with E-state index in [-0.39, 0.29) is 28.7 Å². The number of aliphatic hydroxyl groups is 1. The number of anilines is 1. The van der Waals surface area contributed by atoms with Gasteiger partial charge in [0.05, 0.1) is 18.9 Å². The third kappa shape index (κ3) is 3.56. The number of hydrogen-bond acceptors (Lipinski definition) is 5. The molecule has 1 amide bonds. The fourth-order valence-corrected chi connectivity index (χ4v) is 3.93. The van der Waals surface area contributed by atoms with Crippen LogP contribution in [0.5, 0.6) is 5.75 Å². The highest BCUT2D eigenvalue weighted by Crippen LogP contribution is 2.43. The molecule has 4 rings (SSSR count). The number of hydrogen-bond donors (Lipinski definition) is 1. The number of ether oxygens (including phenoxy) is 1. The largest absolute Gasteiger partial charge is 0.507 e. The van der Waals surface area contributed by atoms with E-state index >= 15 is 0 Å². The summed E-state index contributed by atoms with van der Waals surface area (Å²) >= 11 is 0. The number of rotatable bonds is 5. The third-order valence-corrected chi connectivity index (χ3v) is 5.47. The minimum Gasteiger partial charge on any atom is -0.507 e. The molecule has 2 aromatic carbocycles. The van der Waals surface area contributed by atoms with Crippen molar-refractivity contribution in [3.05, 3.63) is 89.1 Å². The van der Waals surface area contributed by atoms with Crippen molar-refractivity contribution >= 4 is 23.1 Å². The molecule has 1 atom stereocenters. The zero-order chi connectivity index (χ0) is 23.0. The topological polar surface area (TPSA) is 80.0 Å². The Kier molecular flexibility index (Phi) is 5.57. The number of Topliss-reactive ketones (excluding diaryl/α,β-unsaturated/α-hetero) is 1. The molecule has 6 nitrogen and oxygen atoms in total. The number of amides is 1. The Morgan fingerprint density at radius 2 is 1.91 bits per heavy atom. The Morgan fingerprint density at radius 3 is 2.53 bits per heavy atom. The lowest BCUT2D eigenvalue weighted by atomic mass is 9.95. The highest BCUT2D eigenvalue weighted by Gasteiger charge is 2.48. The van der Waals surface area contributed by atoms with Gasteiger partial charge in [-0.1, -0.05) is 19.9 Å². The van der Waals surface area contributed by atoms with E-state index in [4.69, 9.17) is 9.15 Å². The average molecular weight is 435 g/mol. The smallest absolute Gasteiger partial charge is 0.300 e. The molecule has 2 heterocycles. The molecule has 1 saturated heterocycles. The van der Waals surface area contributed by atoms with E-state index in [9.17, 15) is 19.1 Å². The number of carbonyl (C=O) groups is 2. The van der Waals surface area contributed by atoms with Crippen molar-refractivity contribution in [3.8, 4) is 5.75 Å². The van der Waals surface area contributed by atoms with Gasteiger partial charge in [0.15, 0.2) is 0 Å². The summed E-state index contributed by atoms with van der Waals surface area (Å²) in [6.07, 6.45) is 1.41. The van der Waals surface area contributed by atoms with Gasteiger partial charge < -0.3 is 14.3 Å². The number of halogens is 1. The van der Waals surface area contributed by atoms with Crippen LogP contribution < -0.4 is 9.64 Å². The first kappa shape index (κ1) is 21.4. The molecule has 1 N–H and O–H groups in total. The number of ketones is 1. The Labute approximate surface area is 184 Å². The molecular weight excluding hydrogens is 413 g/mol. The summed E-state index contributed by atoms with van der Waals surface area (Å²) in [4.78, 5) is 27.2. The highest BCUT2D eigenvalue weighted by molar-refractivity contribution is 6.51. The second kappa shape index (κ2) is 8.34. The molecule has 3 aromatic rings. The number of benzene rings is 2. The quantitative estimate of drug-likeness (QED) is 0.339. The fraction of sp³-hybridized carbons (Fsp3) is 0.200. The molecule has 32 heavy (non-hydrogen) atoms. The maximum atomic E-state index is 13.9. The predicted octanol–water partition coefficient (Wildman–Crippen LogP) is 5.18. The maximum absolute atomic E-state index is 13.9. The normalized spacial score (nSPS) is 17.9. The van der Waals surface area contributed by atoms with Crippen LogP contribution in [0.1, 0.15) is 42.7 Å². The standard InChI is InChI=1S/C25H22FNO5/c1-14(2)18-12-15(9-10-19(18)31-3)23(28)21-22(20-8-5-11-32-20)27(25(30)24(21)29)17-7-4-6-16(26)13-17/h4-14,22,28H,1-3H3/b23-21-. The zero-order valence-electron chi connectivity index (χ0n) is 17.8. The Balaban J connectivity index is 1.92. The van der Waals surface area contributed by atoms with Crippen molar-refractivity contribution in [1.82, 2.24) is 0 Å². The van der Waals surface area contributed by atoms with Crippen molar-refractivity contribution in [2.24, 2.45) is 0 Å². The molecule has 0 spiro atoms. The molecule has 164 valence electrons. The van der Waals surface area contributed by atoms with Crippen molar-refractivity contribution < 1.29 is 28.2 Å². The number of methoxy groups -OCH3 is 1. The van der Waals surface area contributed by atoms with E-state index < -0.39 is 23.5 Å². The van der Waals surface area contributed by atoms with Crippen LogP contribution in [0.2, 0.25) is 0 Å². The van der Waals surface area contributed by atoms with Gasteiger partial charge in [0.25, 0.3) is 11.7 Å². The molecule has 1 aliphatic rings. The summed E-state index contributed by atoms with van der Waals surface area (Å²) in [6, 6.07) is 12.6. The van der Waals surface area contributed by atoms with E-state index in [1.165, 1.54) is 24.5 Å². The summed E-state index contributed by atoms with van der Waals surface area (Å²) in [5.41, 5.74) is 1.26. The van der Waals surface area contributed by atoms with Crippen LogP contribution in [0, 0.1) is 5.82 Å². The summed E-state index contributed by atoms with van der Waals surface area (Å²) in [7, 11) is 1.56. The van der Waals surface area contributed by atoms with Gasteiger partial charge in [-0.05, 0) is 60.0 Å². The lowest BCUT2D eigenvalue weighted by Crippen LogP contribution is -2.29. The molecule has 1 unspecified atom stereocenters. The monoisotopic (exact) mass is 435 g/mol. The van der Waals surface area contributed by atoms with Crippen LogP contribution in [0.3, 0.4) is 0 Å². The van der Waals surface area contributed by atoms with E-state index in [2.05, 4.69) is 0 Å². The molecule has 0 bridgehead atoms. The van der Waals surface area contributed by atoms with Gasteiger partial charge in [-0.15, -0.1) is 0 Å². The number of aliphatic hydroxyl groups excluding tert-OH is 1. The van der Waals surface area contributed by atoms with E-state index in [0.29, 0.717) is 11.3 Å². The maximum Gasteiger partial charge on any atom is 0.300 e. The van der Waals surface area contributed by atoms with Crippen LogP contribution in [0.15, 0.2) is 70.9 Å². The SMILES string of the molecule is COc1ccc(/C(O)=C2/C(=O)C(=O)N(c3cccc(F)c3)C2c2ccco2)cc1C(C)C. The first-order valence-electron chi connectivity index (χ1n) is 10.1. The van der Waals surface area contributed by atoms with Crippen molar-refractivity contribution in [2.45, 2.75) is 25.8 Å². The van der Waals surface area contributed by atoms with Gasteiger partial charge >= 0.3 is 0 Å². The van der Waals surface area contributed by atoms with Crippen molar-refractivity contribution in [1.29, 1.82) is 0 Å². The van der Waals surface area contributed by atoms with Crippen LogP contribution in [-0.4, -0.2) is 23.9 Å². The average Bonchev–Trinajstić information content (AvgIpc) is 3.39. The minimum atomic E-state index is -1.04. The number of nitrogens with zero attached hydrogens (tertiary/aromatic N) is 1. The highest BCUT2D eigenvalue weighted by atomic mass is 19.1. The van der Waals surface area contributed by atoms with Crippen LogP contribution in [0.25, 0.3) is 5.76 Å². The van der Waals surface area contributed by atoms with Gasteiger partial charge in [-0.25, -0.2) is 4.39 Å². The third-order valence-electron chi connectivity index (χ3n) is 5.47. The van der Waals surface area contributed by atoms with Crippen molar-refractivity contribution in [3.63, 3.8) is 0 Å². The van der Waals surface area contributed by atoms with Crippen LogP contribution in [-0.2, 0) is 9.59 Å². The molecule has 0 saturated carbocycles. The number of furan rings is 1. The summed E-state index contributed by atoms with van der Waals surface area (Å²) in [6.45, 7) is 3.96. The Bertz CT molecular complexity index is 1210. The Hall–Kier alpha value is -3.87. The molecule has 7 heteroatoms. The minimum absolute atomic E-state index is 0.0910. The van der Waals surface area contributed by atoms with E-state index in [1.807, 2.05) is 13.8 Å². The molecule has 1 aliphatic heterocycles. The zero-order valence-corrected chi connectivity index (χ0v) is 17.8. The Morgan fingerprint density at radius 1 is 1.12 bits per heavy atom. The van der Waals surface area contributed by atoms with Crippen LogP contribution >= 0.6 is 0 Å². The van der Waals surface area contributed by atoms with E-state index in [1.54, 1.807) is 37.4 Å². The van der Waals surface area contributed by atoms with Gasteiger partial charge in [-0.2, -0.15) is 0 Å². The summed E-state index contributed by atoms with van der Waals surface area (Å²) in [5, 5.41) is 11.2. The van der Waals surface area contributed by atoms with E-state index in [0.717, 1.165) is 16.5 Å². The van der Waals surface area contributed by atoms with Gasteiger partial charge in [0, 0.05) is 11.3 Å². The molecule has 1 fully saturated rings. The second-order valence-corrected chi connectivity index (χ2v) is 7.78.